The first kappa shape index (κ1) is 23.9. The number of rotatable bonds is 10. The van der Waals surface area contributed by atoms with Gasteiger partial charge in [-0.15, -0.1) is 12.4 Å². The number of ether oxygens (including phenoxy) is 2. The molecule has 2 N–H and O–H groups in total. The first-order valence-corrected chi connectivity index (χ1v) is 9.49. The third-order valence-corrected chi connectivity index (χ3v) is 4.51. The van der Waals surface area contributed by atoms with E-state index in [1.165, 1.54) is 0 Å². The van der Waals surface area contributed by atoms with Crippen molar-refractivity contribution >= 4 is 35.6 Å². The van der Waals surface area contributed by atoms with Crippen molar-refractivity contribution in [2.75, 3.05) is 13.2 Å². The van der Waals surface area contributed by atoms with Crippen LogP contribution < -0.4 is 14.8 Å². The van der Waals surface area contributed by atoms with E-state index >= 15 is 0 Å². The predicted octanol–water partition coefficient (Wildman–Crippen LogP) is 5.25. The zero-order valence-electron chi connectivity index (χ0n) is 15.5. The topological polar surface area (TPSA) is 50.7 Å². The van der Waals surface area contributed by atoms with Gasteiger partial charge >= 0.3 is 0 Å². The molecule has 150 valence electrons. The summed E-state index contributed by atoms with van der Waals surface area (Å²) >= 11 is 12.3. The Labute approximate surface area is 177 Å². The van der Waals surface area contributed by atoms with Crippen LogP contribution in [-0.4, -0.2) is 24.4 Å². The van der Waals surface area contributed by atoms with Crippen molar-refractivity contribution in [1.82, 2.24) is 5.32 Å². The number of nitrogens with one attached hydrogen (secondary N) is 1. The van der Waals surface area contributed by atoms with Crippen LogP contribution in [0, 0.1) is 0 Å². The highest BCUT2D eigenvalue weighted by Gasteiger charge is 2.14. The molecule has 0 amide bonds. The molecule has 0 aliphatic carbocycles. The lowest BCUT2D eigenvalue weighted by molar-refractivity contribution is 0.238. The molecule has 0 spiro atoms. The molecule has 1 unspecified atom stereocenters. The van der Waals surface area contributed by atoms with E-state index in [-0.39, 0.29) is 25.1 Å². The van der Waals surface area contributed by atoms with Gasteiger partial charge in [0.15, 0.2) is 11.5 Å². The van der Waals surface area contributed by atoms with E-state index in [1.54, 1.807) is 0 Å². The van der Waals surface area contributed by atoms with Gasteiger partial charge in [0, 0.05) is 17.6 Å². The fourth-order valence-corrected chi connectivity index (χ4v) is 2.88. The zero-order valence-corrected chi connectivity index (χ0v) is 17.8. The van der Waals surface area contributed by atoms with Crippen LogP contribution >= 0.6 is 35.6 Å². The van der Waals surface area contributed by atoms with Crippen LogP contribution in [0.25, 0.3) is 0 Å². The first-order valence-electron chi connectivity index (χ1n) is 8.74. The zero-order chi connectivity index (χ0) is 18.9. The number of aliphatic hydroxyl groups excluding tert-OH is 1. The van der Waals surface area contributed by atoms with Crippen molar-refractivity contribution in [3.8, 4) is 11.5 Å². The minimum atomic E-state index is 0. The summed E-state index contributed by atoms with van der Waals surface area (Å²) in [5.41, 5.74) is 1.97. The average molecular weight is 435 g/mol. The van der Waals surface area contributed by atoms with E-state index in [4.69, 9.17) is 32.7 Å². The van der Waals surface area contributed by atoms with Crippen LogP contribution in [0.15, 0.2) is 36.4 Å². The lowest BCUT2D eigenvalue weighted by atomic mass is 10.1. The summed E-state index contributed by atoms with van der Waals surface area (Å²) in [5.74, 6) is 1.14. The standard InChI is InChI=1S/C20H25Cl2NO3.ClH/c1-3-17(12-24)23-11-15-9-18(22)20(19(10-15)25-4-2)26-13-14-5-7-16(21)8-6-14;/h5-10,17,23-24H,3-4,11-13H2,1-2H3;1H. The molecule has 4 nitrogen and oxygen atoms in total. The number of hydrogen-bond acceptors (Lipinski definition) is 4. The average Bonchev–Trinajstić information content (AvgIpc) is 2.63. The minimum Gasteiger partial charge on any atom is -0.490 e. The van der Waals surface area contributed by atoms with Crippen LogP contribution in [0.3, 0.4) is 0 Å². The Kier molecular flexibility index (Phi) is 10.9. The number of halogens is 3. The van der Waals surface area contributed by atoms with Crippen LogP contribution in [0.2, 0.25) is 10.0 Å². The molecular weight excluding hydrogens is 409 g/mol. The number of benzene rings is 2. The molecule has 2 aromatic carbocycles. The normalized spacial score (nSPS) is 11.6. The largest absolute Gasteiger partial charge is 0.490 e. The van der Waals surface area contributed by atoms with E-state index in [2.05, 4.69) is 5.32 Å². The van der Waals surface area contributed by atoms with Crippen LogP contribution in [0.1, 0.15) is 31.4 Å². The smallest absolute Gasteiger partial charge is 0.180 e. The lowest BCUT2D eigenvalue weighted by Gasteiger charge is -2.17. The molecule has 0 radical (unpaired) electrons. The quantitative estimate of drug-likeness (QED) is 0.536. The predicted molar refractivity (Wildman–Crippen MR) is 114 cm³/mol. The van der Waals surface area contributed by atoms with Gasteiger partial charge in [0.25, 0.3) is 0 Å². The molecule has 1 atom stereocenters. The van der Waals surface area contributed by atoms with Crippen LogP contribution in [0.4, 0.5) is 0 Å². The fraction of sp³-hybridized carbons (Fsp3) is 0.400. The molecule has 7 heteroatoms. The Morgan fingerprint density at radius 3 is 2.33 bits per heavy atom. The third kappa shape index (κ3) is 7.40. The van der Waals surface area contributed by atoms with Gasteiger partial charge < -0.3 is 19.9 Å². The van der Waals surface area contributed by atoms with Gasteiger partial charge in [0.1, 0.15) is 6.61 Å². The summed E-state index contributed by atoms with van der Waals surface area (Å²) in [5, 5.41) is 13.8. The second-order valence-electron chi connectivity index (χ2n) is 5.92. The molecular formula is C20H26Cl3NO3. The minimum absolute atomic E-state index is 0. The van der Waals surface area contributed by atoms with Gasteiger partial charge in [0.2, 0.25) is 0 Å². The molecule has 0 aliphatic rings. The van der Waals surface area contributed by atoms with Crippen LogP contribution in [-0.2, 0) is 13.2 Å². The Bertz CT molecular complexity index is 692. The summed E-state index contributed by atoms with van der Waals surface area (Å²) in [4.78, 5) is 0. The number of aliphatic hydroxyl groups is 1. The van der Waals surface area contributed by atoms with Gasteiger partial charge in [-0.3, -0.25) is 0 Å². The highest BCUT2D eigenvalue weighted by molar-refractivity contribution is 6.32. The van der Waals surface area contributed by atoms with E-state index < -0.39 is 0 Å². The van der Waals surface area contributed by atoms with Gasteiger partial charge in [-0.1, -0.05) is 42.3 Å². The Hall–Kier alpha value is -1.17. The number of hydrogen-bond donors (Lipinski definition) is 2. The summed E-state index contributed by atoms with van der Waals surface area (Å²) in [7, 11) is 0. The van der Waals surface area contributed by atoms with Crippen molar-refractivity contribution in [2.45, 2.75) is 39.5 Å². The van der Waals surface area contributed by atoms with Gasteiger partial charge in [-0.2, -0.15) is 0 Å². The fourth-order valence-electron chi connectivity index (χ4n) is 2.46. The van der Waals surface area contributed by atoms with Crippen molar-refractivity contribution in [2.24, 2.45) is 0 Å². The second-order valence-corrected chi connectivity index (χ2v) is 6.77. The second kappa shape index (κ2) is 12.3. The maximum atomic E-state index is 9.30. The van der Waals surface area contributed by atoms with Crippen LogP contribution in [0.5, 0.6) is 11.5 Å². The molecule has 2 aromatic rings. The summed E-state index contributed by atoms with van der Waals surface area (Å²) in [6.45, 7) is 5.53. The first-order chi connectivity index (χ1) is 12.6. The van der Waals surface area contributed by atoms with Gasteiger partial charge in [0.05, 0.1) is 18.2 Å². The molecule has 0 heterocycles. The van der Waals surface area contributed by atoms with E-state index in [1.807, 2.05) is 50.2 Å². The Morgan fingerprint density at radius 2 is 1.74 bits per heavy atom. The summed E-state index contributed by atoms with van der Waals surface area (Å²) in [6, 6.07) is 11.3. The SMILES string of the molecule is CCOc1cc(CNC(CC)CO)cc(Cl)c1OCc1ccc(Cl)cc1.Cl. The molecule has 0 saturated heterocycles. The van der Waals surface area contributed by atoms with Crippen molar-refractivity contribution in [1.29, 1.82) is 0 Å². The van der Waals surface area contributed by atoms with Gasteiger partial charge in [-0.05, 0) is 48.7 Å². The maximum Gasteiger partial charge on any atom is 0.180 e. The van der Waals surface area contributed by atoms with Crippen molar-refractivity contribution < 1.29 is 14.6 Å². The maximum absolute atomic E-state index is 9.30. The molecule has 27 heavy (non-hydrogen) atoms. The van der Waals surface area contributed by atoms with E-state index in [9.17, 15) is 5.11 Å². The molecule has 0 aromatic heterocycles. The van der Waals surface area contributed by atoms with Crippen molar-refractivity contribution in [3.63, 3.8) is 0 Å². The Morgan fingerprint density at radius 1 is 1.04 bits per heavy atom. The molecule has 0 fully saturated rings. The summed E-state index contributed by atoms with van der Waals surface area (Å²) in [6.07, 6.45) is 0.852. The highest BCUT2D eigenvalue weighted by atomic mass is 35.5. The molecule has 0 bridgehead atoms. The molecule has 2 rings (SSSR count). The molecule has 0 saturated carbocycles. The summed E-state index contributed by atoms with van der Waals surface area (Å²) < 4.78 is 11.6. The van der Waals surface area contributed by atoms with E-state index in [0.29, 0.717) is 41.3 Å². The van der Waals surface area contributed by atoms with E-state index in [0.717, 1.165) is 17.5 Å². The monoisotopic (exact) mass is 433 g/mol. The highest BCUT2D eigenvalue weighted by Crippen LogP contribution is 2.37. The van der Waals surface area contributed by atoms with Crippen molar-refractivity contribution in [3.05, 3.63) is 57.6 Å². The Balaban J connectivity index is 0.00000364. The molecule has 0 aliphatic heterocycles. The van der Waals surface area contributed by atoms with Gasteiger partial charge in [-0.25, -0.2) is 0 Å². The lowest BCUT2D eigenvalue weighted by Crippen LogP contribution is -2.31. The third-order valence-electron chi connectivity index (χ3n) is 3.97.